The Kier molecular flexibility index (Phi) is 9.28. The van der Waals surface area contributed by atoms with Crippen molar-refractivity contribution in [3.05, 3.63) is 69.1 Å². The molecule has 0 atom stereocenters. The SMILES string of the molecule is CCCc1nn(Cc2ccc(Cl)cc2)c2c(=O)[nH]c(-c3cc(S(=O)(=O)N4CCN(CCO)CC4)ccc3OCC)nc12. The van der Waals surface area contributed by atoms with Crippen LogP contribution < -0.4 is 10.3 Å². The molecule has 4 aromatic rings. The molecule has 3 heterocycles. The van der Waals surface area contributed by atoms with Crippen molar-refractivity contribution in [1.29, 1.82) is 0 Å². The summed E-state index contributed by atoms with van der Waals surface area (Å²) in [5.41, 5.74) is 2.44. The maximum atomic E-state index is 13.6. The summed E-state index contributed by atoms with van der Waals surface area (Å²) < 4.78 is 36.2. The second-order valence-corrected chi connectivity index (χ2v) is 12.5. The fraction of sp³-hybridized carbons (Fsp3) is 0.414. The van der Waals surface area contributed by atoms with Crippen molar-refractivity contribution < 1.29 is 18.3 Å². The van der Waals surface area contributed by atoms with Crippen LogP contribution in [0.5, 0.6) is 5.75 Å². The van der Waals surface area contributed by atoms with Crippen LogP contribution in [0.4, 0.5) is 0 Å². The molecule has 42 heavy (non-hydrogen) atoms. The zero-order valence-electron chi connectivity index (χ0n) is 23.7. The molecular formula is C29H35ClN6O5S. The van der Waals surface area contributed by atoms with Gasteiger partial charge in [-0.1, -0.05) is 37.1 Å². The van der Waals surface area contributed by atoms with Gasteiger partial charge in [0.15, 0.2) is 5.52 Å². The number of aromatic nitrogens is 4. The summed E-state index contributed by atoms with van der Waals surface area (Å²) in [6.45, 7) is 6.83. The highest BCUT2D eigenvalue weighted by Gasteiger charge is 2.29. The number of aliphatic hydroxyl groups is 1. The van der Waals surface area contributed by atoms with Crippen LogP contribution >= 0.6 is 11.6 Å². The number of nitrogens with zero attached hydrogens (tertiary/aromatic N) is 5. The zero-order chi connectivity index (χ0) is 29.9. The summed E-state index contributed by atoms with van der Waals surface area (Å²) in [4.78, 5) is 23.4. The summed E-state index contributed by atoms with van der Waals surface area (Å²) in [5, 5.41) is 14.6. The number of aromatic amines is 1. The number of halogens is 1. The molecule has 224 valence electrons. The molecule has 0 saturated carbocycles. The average Bonchev–Trinajstić information content (AvgIpc) is 3.32. The van der Waals surface area contributed by atoms with Crippen molar-refractivity contribution in [2.24, 2.45) is 0 Å². The molecule has 2 N–H and O–H groups in total. The lowest BCUT2D eigenvalue weighted by Gasteiger charge is -2.33. The Bertz CT molecular complexity index is 1710. The summed E-state index contributed by atoms with van der Waals surface area (Å²) in [5.74, 6) is 0.626. The van der Waals surface area contributed by atoms with Gasteiger partial charge in [0.2, 0.25) is 10.0 Å². The molecule has 0 radical (unpaired) electrons. The van der Waals surface area contributed by atoms with Gasteiger partial charge in [-0.15, -0.1) is 0 Å². The number of ether oxygens (including phenoxy) is 1. The van der Waals surface area contributed by atoms with Crippen molar-refractivity contribution in [3.8, 4) is 17.1 Å². The van der Waals surface area contributed by atoms with Gasteiger partial charge in [0.1, 0.15) is 17.1 Å². The fourth-order valence-electron chi connectivity index (χ4n) is 5.18. The third-order valence-electron chi connectivity index (χ3n) is 7.29. The topological polar surface area (TPSA) is 134 Å². The minimum absolute atomic E-state index is 0.0323. The van der Waals surface area contributed by atoms with Gasteiger partial charge in [-0.3, -0.25) is 14.4 Å². The van der Waals surface area contributed by atoms with Gasteiger partial charge >= 0.3 is 0 Å². The van der Waals surface area contributed by atoms with E-state index >= 15 is 0 Å². The molecule has 13 heteroatoms. The van der Waals surface area contributed by atoms with Crippen LogP contribution in [-0.4, -0.2) is 88.4 Å². The molecule has 0 amide bonds. The van der Waals surface area contributed by atoms with E-state index in [-0.39, 0.29) is 22.9 Å². The molecule has 0 bridgehead atoms. The van der Waals surface area contributed by atoms with Crippen molar-refractivity contribution in [3.63, 3.8) is 0 Å². The van der Waals surface area contributed by atoms with Crippen molar-refractivity contribution in [2.45, 2.75) is 38.1 Å². The Hall–Kier alpha value is -3.29. The number of aryl methyl sites for hydroxylation is 1. The first-order valence-corrected chi connectivity index (χ1v) is 15.9. The zero-order valence-corrected chi connectivity index (χ0v) is 25.3. The Labute approximate surface area is 249 Å². The molecule has 0 aliphatic carbocycles. The molecule has 2 aromatic carbocycles. The maximum Gasteiger partial charge on any atom is 0.277 e. The van der Waals surface area contributed by atoms with Crippen molar-refractivity contribution in [1.82, 2.24) is 29.0 Å². The largest absolute Gasteiger partial charge is 0.493 e. The standard InChI is InChI=1S/C29H35ClN6O5S/c1-3-5-24-26-27(36(33-24)19-20-6-8-21(30)9-7-20)29(38)32-28(31-26)23-18-22(10-11-25(23)41-4-2)42(39,40)35-14-12-34(13-15-35)16-17-37/h6-11,18,37H,3-5,12-17,19H2,1-2H3,(H,31,32,38). The van der Waals surface area contributed by atoms with E-state index in [9.17, 15) is 18.3 Å². The number of aliphatic hydroxyl groups excluding tert-OH is 1. The Balaban J connectivity index is 1.56. The number of rotatable bonds is 11. The first-order valence-electron chi connectivity index (χ1n) is 14.1. The third kappa shape index (κ3) is 6.23. The van der Waals surface area contributed by atoms with Crippen LogP contribution in [0.3, 0.4) is 0 Å². The number of hydrogen-bond donors (Lipinski definition) is 2. The first kappa shape index (κ1) is 30.2. The third-order valence-corrected chi connectivity index (χ3v) is 9.44. The van der Waals surface area contributed by atoms with Gasteiger partial charge < -0.3 is 14.8 Å². The van der Waals surface area contributed by atoms with E-state index in [0.717, 1.165) is 12.0 Å². The van der Waals surface area contributed by atoms with Gasteiger partial charge in [0, 0.05) is 37.7 Å². The number of sulfonamides is 1. The van der Waals surface area contributed by atoms with Crippen molar-refractivity contribution >= 4 is 32.7 Å². The van der Waals surface area contributed by atoms with Crippen LogP contribution in [0.15, 0.2) is 52.2 Å². The number of piperazine rings is 1. The quantitative estimate of drug-likeness (QED) is 0.263. The number of nitrogens with one attached hydrogen (secondary N) is 1. The Morgan fingerprint density at radius 3 is 2.48 bits per heavy atom. The van der Waals surface area contributed by atoms with Gasteiger partial charge in [-0.25, -0.2) is 13.4 Å². The van der Waals surface area contributed by atoms with E-state index in [1.807, 2.05) is 30.9 Å². The molecule has 0 unspecified atom stereocenters. The van der Waals surface area contributed by atoms with E-state index in [2.05, 4.69) is 4.98 Å². The lowest BCUT2D eigenvalue weighted by atomic mass is 10.1. The first-order chi connectivity index (χ1) is 20.2. The lowest BCUT2D eigenvalue weighted by molar-refractivity contribution is 0.151. The second-order valence-electron chi connectivity index (χ2n) is 10.2. The Morgan fingerprint density at radius 2 is 1.81 bits per heavy atom. The minimum atomic E-state index is -3.82. The van der Waals surface area contributed by atoms with Crippen LogP contribution in [0, 0.1) is 0 Å². The highest BCUT2D eigenvalue weighted by Crippen LogP contribution is 2.32. The van der Waals surface area contributed by atoms with Gasteiger partial charge in [-0.2, -0.15) is 9.40 Å². The molecule has 1 aliphatic heterocycles. The maximum absolute atomic E-state index is 13.6. The predicted molar refractivity (Wildman–Crippen MR) is 162 cm³/mol. The molecule has 11 nitrogen and oxygen atoms in total. The monoisotopic (exact) mass is 614 g/mol. The summed E-state index contributed by atoms with van der Waals surface area (Å²) in [6, 6.07) is 12.0. The smallest absolute Gasteiger partial charge is 0.277 e. The number of fused-ring (bicyclic) bond motifs is 1. The number of H-pyrrole nitrogens is 1. The van der Waals surface area contributed by atoms with Crippen LogP contribution in [0.1, 0.15) is 31.5 Å². The van der Waals surface area contributed by atoms with E-state index in [0.29, 0.717) is 85.4 Å². The highest BCUT2D eigenvalue weighted by atomic mass is 35.5. The summed E-state index contributed by atoms with van der Waals surface area (Å²) in [7, 11) is -3.82. The van der Waals surface area contributed by atoms with Gasteiger partial charge in [0.05, 0.1) is 35.9 Å². The average molecular weight is 615 g/mol. The van der Waals surface area contributed by atoms with E-state index < -0.39 is 10.0 Å². The number of benzene rings is 2. The number of β-amino-alcohol motifs (C(OH)–C–C–N with tert-alkyl or cyclic N) is 1. The van der Waals surface area contributed by atoms with Crippen LogP contribution in [0.2, 0.25) is 5.02 Å². The predicted octanol–water partition coefficient (Wildman–Crippen LogP) is 3.14. The number of hydrogen-bond acceptors (Lipinski definition) is 8. The molecule has 0 spiro atoms. The van der Waals surface area contributed by atoms with Crippen LogP contribution in [0.25, 0.3) is 22.4 Å². The van der Waals surface area contributed by atoms with E-state index in [1.54, 1.807) is 22.9 Å². The van der Waals surface area contributed by atoms with E-state index in [1.165, 1.54) is 16.4 Å². The summed E-state index contributed by atoms with van der Waals surface area (Å²) >= 11 is 6.04. The van der Waals surface area contributed by atoms with Gasteiger partial charge in [-0.05, 0) is 49.2 Å². The molecule has 1 fully saturated rings. The molecule has 2 aromatic heterocycles. The minimum Gasteiger partial charge on any atom is -0.493 e. The van der Waals surface area contributed by atoms with Crippen molar-refractivity contribution in [2.75, 3.05) is 45.9 Å². The normalized spacial score (nSPS) is 15.0. The highest BCUT2D eigenvalue weighted by molar-refractivity contribution is 7.89. The second kappa shape index (κ2) is 12.9. The molecular weight excluding hydrogens is 580 g/mol. The fourth-order valence-corrected chi connectivity index (χ4v) is 6.76. The van der Waals surface area contributed by atoms with E-state index in [4.69, 9.17) is 26.4 Å². The molecule has 5 rings (SSSR count). The lowest BCUT2D eigenvalue weighted by Crippen LogP contribution is -2.49. The summed E-state index contributed by atoms with van der Waals surface area (Å²) in [6.07, 6.45) is 1.43. The van der Waals surface area contributed by atoms with Crippen LogP contribution in [-0.2, 0) is 23.0 Å². The van der Waals surface area contributed by atoms with Gasteiger partial charge in [0.25, 0.3) is 5.56 Å². The Morgan fingerprint density at radius 1 is 1.07 bits per heavy atom. The molecule has 1 saturated heterocycles. The molecule has 1 aliphatic rings.